The number of aromatic amines is 1. The Labute approximate surface area is 186 Å². The predicted octanol–water partition coefficient (Wildman–Crippen LogP) is 3.15. The van der Waals surface area contributed by atoms with Gasteiger partial charge in [0.1, 0.15) is 10.6 Å². The van der Waals surface area contributed by atoms with Gasteiger partial charge in [0.05, 0.1) is 24.2 Å². The van der Waals surface area contributed by atoms with E-state index in [4.69, 9.17) is 9.72 Å². The van der Waals surface area contributed by atoms with Gasteiger partial charge >= 0.3 is 0 Å². The van der Waals surface area contributed by atoms with E-state index in [9.17, 15) is 8.42 Å². The number of nitrogens with zero attached hydrogens (tertiary/aromatic N) is 4. The van der Waals surface area contributed by atoms with Crippen LogP contribution >= 0.6 is 11.3 Å². The van der Waals surface area contributed by atoms with E-state index in [-0.39, 0.29) is 5.92 Å². The lowest BCUT2D eigenvalue weighted by Gasteiger charge is -2.33. The van der Waals surface area contributed by atoms with Crippen LogP contribution in [0.5, 0.6) is 5.75 Å². The molecule has 166 valence electrons. The third-order valence-corrected chi connectivity index (χ3v) is 8.80. The molecule has 3 heterocycles. The van der Waals surface area contributed by atoms with Crippen molar-refractivity contribution in [3.8, 4) is 5.75 Å². The molecule has 0 spiro atoms. The maximum Gasteiger partial charge on any atom is 0.246 e. The Morgan fingerprint density at radius 3 is 2.58 bits per heavy atom. The van der Waals surface area contributed by atoms with Crippen molar-refractivity contribution in [2.24, 2.45) is 0 Å². The van der Waals surface area contributed by atoms with Crippen LogP contribution in [0.4, 0.5) is 5.13 Å². The number of thiazole rings is 1. The van der Waals surface area contributed by atoms with Gasteiger partial charge in [-0.2, -0.15) is 9.40 Å². The fraction of sp³-hybridized carbons (Fsp3) is 0.429. The fourth-order valence-corrected chi connectivity index (χ4v) is 6.60. The minimum Gasteiger partial charge on any atom is -0.497 e. The number of rotatable bonds is 6. The summed E-state index contributed by atoms with van der Waals surface area (Å²) in [5.41, 5.74) is 3.25. The number of H-pyrrole nitrogens is 1. The molecule has 0 radical (unpaired) electrons. The van der Waals surface area contributed by atoms with Crippen molar-refractivity contribution >= 4 is 26.5 Å². The van der Waals surface area contributed by atoms with Crippen LogP contribution in [0.15, 0.2) is 34.5 Å². The highest BCUT2D eigenvalue weighted by Gasteiger charge is 2.33. The minimum atomic E-state index is -3.55. The fourth-order valence-electron chi connectivity index (χ4n) is 3.87. The maximum atomic E-state index is 13.1. The van der Waals surface area contributed by atoms with Gasteiger partial charge in [-0.05, 0) is 31.5 Å². The first-order valence-corrected chi connectivity index (χ1v) is 12.5. The molecule has 1 unspecified atom stereocenters. The van der Waals surface area contributed by atoms with Crippen molar-refractivity contribution in [2.75, 3.05) is 38.2 Å². The molecule has 0 amide bonds. The summed E-state index contributed by atoms with van der Waals surface area (Å²) in [6.07, 6.45) is 0. The Morgan fingerprint density at radius 1 is 1.19 bits per heavy atom. The molecule has 1 aliphatic rings. The number of ether oxygens (including phenoxy) is 1. The van der Waals surface area contributed by atoms with Crippen LogP contribution in [0.25, 0.3) is 0 Å². The lowest BCUT2D eigenvalue weighted by Crippen LogP contribution is -2.48. The molecule has 0 bridgehead atoms. The zero-order chi connectivity index (χ0) is 22.2. The van der Waals surface area contributed by atoms with Crippen molar-refractivity contribution in [3.05, 3.63) is 52.3 Å². The number of anilines is 1. The largest absolute Gasteiger partial charge is 0.497 e. The highest BCUT2D eigenvalue weighted by molar-refractivity contribution is 7.89. The number of hydrogen-bond acceptors (Lipinski definition) is 7. The Kier molecular flexibility index (Phi) is 6.05. The number of aryl methyl sites for hydroxylation is 2. The monoisotopic (exact) mass is 461 g/mol. The van der Waals surface area contributed by atoms with Gasteiger partial charge in [-0.1, -0.05) is 19.1 Å². The number of piperazine rings is 1. The molecule has 1 N–H and O–H groups in total. The summed E-state index contributed by atoms with van der Waals surface area (Å²) in [4.78, 5) is 7.31. The highest BCUT2D eigenvalue weighted by atomic mass is 32.2. The van der Waals surface area contributed by atoms with Gasteiger partial charge in [0.2, 0.25) is 10.0 Å². The minimum absolute atomic E-state index is 0.147. The molecule has 2 aromatic heterocycles. The van der Waals surface area contributed by atoms with Crippen molar-refractivity contribution in [1.29, 1.82) is 0 Å². The number of benzene rings is 1. The van der Waals surface area contributed by atoms with Gasteiger partial charge in [0, 0.05) is 37.5 Å². The lowest BCUT2D eigenvalue weighted by atomic mass is 9.98. The molecular weight excluding hydrogens is 434 g/mol. The quantitative estimate of drug-likeness (QED) is 0.606. The first-order chi connectivity index (χ1) is 14.8. The van der Waals surface area contributed by atoms with Crippen LogP contribution in [0, 0.1) is 13.8 Å². The zero-order valence-corrected chi connectivity index (χ0v) is 19.8. The van der Waals surface area contributed by atoms with E-state index in [1.165, 1.54) is 0 Å². The van der Waals surface area contributed by atoms with E-state index < -0.39 is 10.0 Å². The maximum absolute atomic E-state index is 13.1. The van der Waals surface area contributed by atoms with Crippen LogP contribution in [-0.4, -0.2) is 61.2 Å². The highest BCUT2D eigenvalue weighted by Crippen LogP contribution is 2.31. The van der Waals surface area contributed by atoms with E-state index in [1.54, 1.807) is 36.6 Å². The molecule has 1 aliphatic heterocycles. The van der Waals surface area contributed by atoms with Crippen LogP contribution in [0.2, 0.25) is 0 Å². The van der Waals surface area contributed by atoms with Gasteiger partial charge in [-0.3, -0.25) is 5.10 Å². The second-order valence-corrected chi connectivity index (χ2v) is 10.4. The van der Waals surface area contributed by atoms with Crippen molar-refractivity contribution in [2.45, 2.75) is 31.6 Å². The van der Waals surface area contributed by atoms with Gasteiger partial charge in [0.15, 0.2) is 5.13 Å². The summed E-state index contributed by atoms with van der Waals surface area (Å²) >= 11 is 1.60. The first kappa shape index (κ1) is 21.8. The molecule has 1 aromatic carbocycles. The van der Waals surface area contributed by atoms with E-state index in [1.807, 2.05) is 18.2 Å². The molecule has 31 heavy (non-hydrogen) atoms. The topological polar surface area (TPSA) is 91.4 Å². The molecule has 1 atom stereocenters. The van der Waals surface area contributed by atoms with Crippen molar-refractivity contribution in [1.82, 2.24) is 19.5 Å². The van der Waals surface area contributed by atoms with Crippen molar-refractivity contribution in [3.63, 3.8) is 0 Å². The third kappa shape index (κ3) is 4.19. The number of nitrogens with one attached hydrogen (secondary N) is 1. The van der Waals surface area contributed by atoms with Crippen LogP contribution in [0.3, 0.4) is 0 Å². The Hall–Kier alpha value is -2.43. The lowest BCUT2D eigenvalue weighted by molar-refractivity contribution is 0.384. The summed E-state index contributed by atoms with van der Waals surface area (Å²) in [6, 6.07) is 8.03. The van der Waals surface area contributed by atoms with Gasteiger partial charge < -0.3 is 9.64 Å². The molecule has 10 heteroatoms. The normalized spacial score (nSPS) is 16.5. The number of methoxy groups -OCH3 is 1. The van der Waals surface area contributed by atoms with E-state index in [2.05, 4.69) is 33.5 Å². The summed E-state index contributed by atoms with van der Waals surface area (Å²) in [6.45, 7) is 7.65. The summed E-state index contributed by atoms with van der Waals surface area (Å²) < 4.78 is 33.0. The third-order valence-electron chi connectivity index (χ3n) is 5.71. The van der Waals surface area contributed by atoms with Gasteiger partial charge in [-0.15, -0.1) is 11.3 Å². The second-order valence-electron chi connectivity index (χ2n) is 7.71. The smallest absolute Gasteiger partial charge is 0.246 e. The second kappa shape index (κ2) is 8.60. The molecular formula is C21H27N5O3S2. The molecule has 1 fully saturated rings. The van der Waals surface area contributed by atoms with E-state index in [0.717, 1.165) is 22.1 Å². The Bertz CT molecular complexity index is 1140. The molecule has 8 nitrogen and oxygen atoms in total. The van der Waals surface area contributed by atoms with Gasteiger partial charge in [0.25, 0.3) is 0 Å². The Morgan fingerprint density at radius 2 is 1.94 bits per heavy atom. The predicted molar refractivity (Wildman–Crippen MR) is 122 cm³/mol. The Balaban J connectivity index is 1.45. The molecule has 0 aliphatic carbocycles. The molecule has 0 saturated carbocycles. The first-order valence-electron chi connectivity index (χ1n) is 10.2. The average Bonchev–Trinajstić information content (AvgIpc) is 3.40. The van der Waals surface area contributed by atoms with Gasteiger partial charge in [-0.25, -0.2) is 13.4 Å². The van der Waals surface area contributed by atoms with Crippen molar-refractivity contribution < 1.29 is 13.2 Å². The summed E-state index contributed by atoms with van der Waals surface area (Å²) in [5.74, 6) is 0.981. The van der Waals surface area contributed by atoms with Crippen LogP contribution in [0.1, 0.15) is 35.5 Å². The molecule has 1 saturated heterocycles. The van der Waals surface area contributed by atoms with E-state index in [0.29, 0.717) is 42.5 Å². The van der Waals surface area contributed by atoms with Crippen LogP contribution in [-0.2, 0) is 10.0 Å². The zero-order valence-electron chi connectivity index (χ0n) is 18.1. The summed E-state index contributed by atoms with van der Waals surface area (Å²) in [5, 5.41) is 9.82. The standard InChI is InChI=1S/C21H27N5O3S2/c1-14(17-6-5-7-18(12-17)29-4)19-13-30-21(22-19)25-8-10-26(11-9-25)31(27,28)20-15(2)23-24-16(20)3/h5-7,12-14H,8-11H2,1-4H3,(H,23,24). The number of sulfonamides is 1. The molecule has 4 rings (SSSR count). The van der Waals surface area contributed by atoms with E-state index >= 15 is 0 Å². The number of aromatic nitrogens is 3. The van der Waals surface area contributed by atoms with Crippen LogP contribution < -0.4 is 9.64 Å². The molecule has 3 aromatic rings. The SMILES string of the molecule is COc1cccc(C(C)c2csc(N3CCN(S(=O)(=O)c4c(C)n[nH]c4C)CC3)n2)c1. The number of hydrogen-bond donors (Lipinski definition) is 1. The average molecular weight is 462 g/mol. The summed E-state index contributed by atoms with van der Waals surface area (Å²) in [7, 11) is -1.89.